The first-order valence-electron chi connectivity index (χ1n) is 7.41. The molecule has 6 heteroatoms. The summed E-state index contributed by atoms with van der Waals surface area (Å²) in [5.41, 5.74) is 5.95. The second-order valence-corrected chi connectivity index (χ2v) is 6.15. The van der Waals surface area contributed by atoms with Gasteiger partial charge < -0.3 is 15.5 Å². The fraction of sp³-hybridized carbons (Fsp3) is 0.714. The Morgan fingerprint density at radius 2 is 1.95 bits per heavy atom. The lowest BCUT2D eigenvalue weighted by Crippen LogP contribution is -2.32. The van der Waals surface area contributed by atoms with Crippen LogP contribution in [0.25, 0.3) is 0 Å². The van der Waals surface area contributed by atoms with Crippen LogP contribution in [0.3, 0.4) is 0 Å². The number of carbonyl (C=O) groups is 1. The van der Waals surface area contributed by atoms with Crippen molar-refractivity contribution in [3.63, 3.8) is 0 Å². The molecule has 0 unspecified atom stereocenters. The molecule has 1 aromatic heterocycles. The Morgan fingerprint density at radius 3 is 2.45 bits per heavy atom. The van der Waals surface area contributed by atoms with E-state index in [2.05, 4.69) is 23.7 Å². The van der Waals surface area contributed by atoms with Gasteiger partial charge in [-0.25, -0.2) is 4.98 Å². The second-order valence-electron chi connectivity index (χ2n) is 5.17. The van der Waals surface area contributed by atoms with Gasteiger partial charge in [-0.1, -0.05) is 11.3 Å². The van der Waals surface area contributed by atoms with Gasteiger partial charge in [-0.05, 0) is 39.5 Å². The third kappa shape index (κ3) is 3.23. The number of hydrogen-bond acceptors (Lipinski definition) is 5. The van der Waals surface area contributed by atoms with E-state index in [4.69, 9.17) is 5.73 Å². The summed E-state index contributed by atoms with van der Waals surface area (Å²) in [7, 11) is 0. The van der Waals surface area contributed by atoms with E-state index >= 15 is 0 Å². The number of anilines is 2. The molecule has 1 fully saturated rings. The lowest BCUT2D eigenvalue weighted by atomic mass is 10.3. The molecule has 1 heterocycles. The van der Waals surface area contributed by atoms with E-state index in [-0.39, 0.29) is 5.91 Å². The van der Waals surface area contributed by atoms with Crippen LogP contribution in [-0.2, 0) is 0 Å². The molecule has 1 aliphatic rings. The molecule has 2 N–H and O–H groups in total. The first-order valence-corrected chi connectivity index (χ1v) is 8.22. The maximum atomic E-state index is 12.6. The van der Waals surface area contributed by atoms with Crippen LogP contribution in [0.2, 0.25) is 0 Å². The molecule has 2 rings (SSSR count). The van der Waals surface area contributed by atoms with Crippen LogP contribution in [0, 0.1) is 5.92 Å². The van der Waals surface area contributed by atoms with Crippen LogP contribution < -0.4 is 10.6 Å². The van der Waals surface area contributed by atoms with Crippen molar-refractivity contribution in [2.75, 3.05) is 36.8 Å². The molecule has 1 aliphatic carbocycles. The first kappa shape index (κ1) is 15.1. The maximum absolute atomic E-state index is 12.6. The number of nitrogens with two attached hydrogens (primary N) is 1. The largest absolute Gasteiger partial charge is 0.382 e. The fourth-order valence-electron chi connectivity index (χ4n) is 2.21. The molecule has 5 nitrogen and oxygen atoms in total. The molecule has 0 bridgehead atoms. The van der Waals surface area contributed by atoms with Gasteiger partial charge in [0.25, 0.3) is 5.91 Å². The predicted molar refractivity (Wildman–Crippen MR) is 84.4 cm³/mol. The SMILES string of the molecule is CCN(CC1CC1)C(=O)c1sc(N(CC)CC)nc1N. The van der Waals surface area contributed by atoms with Crippen molar-refractivity contribution in [3.8, 4) is 0 Å². The average molecular weight is 296 g/mol. The van der Waals surface area contributed by atoms with Gasteiger partial charge in [0.1, 0.15) is 10.7 Å². The molecule has 1 aromatic rings. The van der Waals surface area contributed by atoms with Crippen LogP contribution in [0.5, 0.6) is 0 Å². The van der Waals surface area contributed by atoms with E-state index in [0.29, 0.717) is 16.6 Å². The molecule has 1 amide bonds. The number of rotatable bonds is 7. The summed E-state index contributed by atoms with van der Waals surface area (Å²) in [5.74, 6) is 1.10. The number of nitrogens with zero attached hydrogens (tertiary/aromatic N) is 3. The summed E-state index contributed by atoms with van der Waals surface area (Å²) in [6.07, 6.45) is 2.49. The van der Waals surface area contributed by atoms with Crippen LogP contribution in [0.15, 0.2) is 0 Å². The Labute approximate surface area is 124 Å². The Morgan fingerprint density at radius 1 is 1.30 bits per heavy atom. The summed E-state index contributed by atoms with van der Waals surface area (Å²) < 4.78 is 0. The standard InChI is InChI=1S/C14H24N4OS/c1-4-17(5-2)14-16-12(15)11(20-14)13(19)18(6-3)9-10-7-8-10/h10H,4-9,15H2,1-3H3. The average Bonchev–Trinajstić information content (AvgIpc) is 3.18. The zero-order valence-electron chi connectivity index (χ0n) is 12.6. The van der Waals surface area contributed by atoms with Gasteiger partial charge in [-0.2, -0.15) is 0 Å². The van der Waals surface area contributed by atoms with E-state index in [1.54, 1.807) is 0 Å². The topological polar surface area (TPSA) is 62.5 Å². The summed E-state index contributed by atoms with van der Waals surface area (Å²) in [4.78, 5) is 21.5. The normalized spacial score (nSPS) is 14.3. The maximum Gasteiger partial charge on any atom is 0.267 e. The van der Waals surface area contributed by atoms with E-state index in [0.717, 1.165) is 31.3 Å². The Bertz CT molecular complexity index is 466. The van der Waals surface area contributed by atoms with E-state index in [1.165, 1.54) is 24.2 Å². The number of thiazole rings is 1. The van der Waals surface area contributed by atoms with E-state index in [1.807, 2.05) is 11.8 Å². The molecule has 0 atom stereocenters. The van der Waals surface area contributed by atoms with Crippen molar-refractivity contribution in [1.82, 2.24) is 9.88 Å². The van der Waals surface area contributed by atoms with Crippen molar-refractivity contribution in [2.24, 2.45) is 5.92 Å². The van der Waals surface area contributed by atoms with Crippen molar-refractivity contribution >= 4 is 28.2 Å². The highest BCUT2D eigenvalue weighted by atomic mass is 32.1. The van der Waals surface area contributed by atoms with Gasteiger partial charge in [-0.15, -0.1) is 0 Å². The number of amides is 1. The highest BCUT2D eigenvalue weighted by Gasteiger charge is 2.28. The van der Waals surface area contributed by atoms with Crippen molar-refractivity contribution < 1.29 is 4.79 Å². The van der Waals surface area contributed by atoms with E-state index < -0.39 is 0 Å². The molecule has 0 aliphatic heterocycles. The highest BCUT2D eigenvalue weighted by molar-refractivity contribution is 7.18. The summed E-state index contributed by atoms with van der Waals surface area (Å²) in [6, 6.07) is 0. The molecule has 20 heavy (non-hydrogen) atoms. The summed E-state index contributed by atoms with van der Waals surface area (Å²) in [6.45, 7) is 9.50. The number of carbonyl (C=O) groups excluding carboxylic acids is 1. The molecule has 0 saturated heterocycles. The predicted octanol–water partition coefficient (Wildman–Crippen LogP) is 2.44. The molecule has 112 valence electrons. The summed E-state index contributed by atoms with van der Waals surface area (Å²) >= 11 is 1.41. The van der Waals surface area contributed by atoms with Crippen LogP contribution in [0.4, 0.5) is 10.9 Å². The molecule has 0 spiro atoms. The second kappa shape index (κ2) is 6.43. The third-order valence-corrected chi connectivity index (χ3v) is 4.83. The smallest absolute Gasteiger partial charge is 0.267 e. The number of nitrogen functional groups attached to an aromatic ring is 1. The lowest BCUT2D eigenvalue weighted by Gasteiger charge is -2.20. The minimum atomic E-state index is 0.0350. The minimum Gasteiger partial charge on any atom is -0.382 e. The molecule has 0 aromatic carbocycles. The van der Waals surface area contributed by atoms with E-state index in [9.17, 15) is 4.79 Å². The molecule has 1 saturated carbocycles. The highest BCUT2D eigenvalue weighted by Crippen LogP contribution is 2.32. The van der Waals surface area contributed by atoms with Crippen LogP contribution in [0.1, 0.15) is 43.3 Å². The zero-order valence-corrected chi connectivity index (χ0v) is 13.4. The van der Waals surface area contributed by atoms with Crippen LogP contribution in [-0.4, -0.2) is 42.0 Å². The van der Waals surface area contributed by atoms with Gasteiger partial charge >= 0.3 is 0 Å². The fourth-order valence-corrected chi connectivity index (χ4v) is 3.29. The van der Waals surface area contributed by atoms with Crippen molar-refractivity contribution in [1.29, 1.82) is 0 Å². The molecular formula is C14H24N4OS. The molecule has 0 radical (unpaired) electrons. The minimum absolute atomic E-state index is 0.0350. The Kier molecular flexibility index (Phi) is 4.86. The third-order valence-electron chi connectivity index (χ3n) is 3.71. The lowest BCUT2D eigenvalue weighted by molar-refractivity contribution is 0.0762. The Hall–Kier alpha value is -1.30. The molecular weight excluding hydrogens is 272 g/mol. The van der Waals surface area contributed by atoms with Crippen molar-refractivity contribution in [2.45, 2.75) is 33.6 Å². The van der Waals surface area contributed by atoms with Gasteiger partial charge in [0.2, 0.25) is 0 Å². The van der Waals surface area contributed by atoms with Gasteiger partial charge in [0.15, 0.2) is 5.13 Å². The monoisotopic (exact) mass is 296 g/mol. The van der Waals surface area contributed by atoms with Crippen LogP contribution >= 0.6 is 11.3 Å². The zero-order chi connectivity index (χ0) is 14.7. The quantitative estimate of drug-likeness (QED) is 0.839. The van der Waals surface area contributed by atoms with Gasteiger partial charge in [0, 0.05) is 26.2 Å². The van der Waals surface area contributed by atoms with Gasteiger partial charge in [-0.3, -0.25) is 4.79 Å². The first-order chi connectivity index (χ1) is 9.60. The number of hydrogen-bond donors (Lipinski definition) is 1. The number of aromatic nitrogens is 1. The Balaban J connectivity index is 2.15. The van der Waals surface area contributed by atoms with Crippen molar-refractivity contribution in [3.05, 3.63) is 4.88 Å². The van der Waals surface area contributed by atoms with Gasteiger partial charge in [0.05, 0.1) is 0 Å². The summed E-state index contributed by atoms with van der Waals surface area (Å²) in [5, 5.41) is 0.846.